The molecule has 0 aliphatic heterocycles. The maximum atomic E-state index is 12.5. The van der Waals surface area contributed by atoms with E-state index in [4.69, 9.17) is 4.42 Å². The quantitative estimate of drug-likeness (QED) is 0.393. The Kier molecular flexibility index (Phi) is 6.85. The monoisotopic (exact) mass is 387 g/mol. The zero-order valence-electron chi connectivity index (χ0n) is 14.6. The molecule has 0 saturated heterocycles. The SMILES string of the molecule is CCCCCc1nnc(NC(=O)c2occc2CSc2ccccc2)s1. The first-order chi connectivity index (χ1) is 12.8. The van der Waals surface area contributed by atoms with E-state index in [1.807, 2.05) is 36.4 Å². The van der Waals surface area contributed by atoms with Gasteiger partial charge in [0.25, 0.3) is 5.91 Å². The zero-order valence-corrected chi connectivity index (χ0v) is 16.2. The molecule has 0 atom stereocenters. The number of hydrogen-bond donors (Lipinski definition) is 1. The van der Waals surface area contributed by atoms with Gasteiger partial charge >= 0.3 is 0 Å². The van der Waals surface area contributed by atoms with Gasteiger partial charge in [0.05, 0.1) is 6.26 Å². The molecule has 0 aliphatic carbocycles. The Balaban J connectivity index is 1.58. The molecule has 26 heavy (non-hydrogen) atoms. The van der Waals surface area contributed by atoms with Crippen LogP contribution in [0.5, 0.6) is 0 Å². The highest BCUT2D eigenvalue weighted by molar-refractivity contribution is 7.98. The molecule has 3 rings (SSSR count). The number of carbonyl (C=O) groups is 1. The summed E-state index contributed by atoms with van der Waals surface area (Å²) in [6.45, 7) is 2.17. The van der Waals surface area contributed by atoms with Gasteiger partial charge in [0, 0.05) is 22.6 Å². The predicted octanol–water partition coefficient (Wildman–Crippen LogP) is 5.41. The summed E-state index contributed by atoms with van der Waals surface area (Å²) in [6, 6.07) is 11.9. The van der Waals surface area contributed by atoms with Crippen LogP contribution < -0.4 is 5.32 Å². The molecule has 5 nitrogen and oxygen atoms in total. The van der Waals surface area contributed by atoms with Crippen molar-refractivity contribution in [2.75, 3.05) is 5.32 Å². The van der Waals surface area contributed by atoms with Crippen molar-refractivity contribution in [2.45, 2.75) is 43.3 Å². The van der Waals surface area contributed by atoms with Crippen LogP contribution in [0.2, 0.25) is 0 Å². The van der Waals surface area contributed by atoms with Crippen molar-refractivity contribution < 1.29 is 9.21 Å². The zero-order chi connectivity index (χ0) is 18.2. The van der Waals surface area contributed by atoms with Crippen molar-refractivity contribution in [1.29, 1.82) is 0 Å². The lowest BCUT2D eigenvalue weighted by molar-refractivity contribution is 0.0995. The van der Waals surface area contributed by atoms with Gasteiger partial charge in [0.2, 0.25) is 5.13 Å². The van der Waals surface area contributed by atoms with E-state index in [0.717, 1.165) is 28.3 Å². The van der Waals surface area contributed by atoms with Crippen LogP contribution in [0.1, 0.15) is 47.3 Å². The first-order valence-corrected chi connectivity index (χ1v) is 10.4. The summed E-state index contributed by atoms with van der Waals surface area (Å²) in [7, 11) is 0. The average molecular weight is 388 g/mol. The van der Waals surface area contributed by atoms with Crippen molar-refractivity contribution in [3.8, 4) is 0 Å². The van der Waals surface area contributed by atoms with Gasteiger partial charge in [0.15, 0.2) is 5.76 Å². The van der Waals surface area contributed by atoms with Crippen LogP contribution in [0, 0.1) is 0 Å². The maximum Gasteiger partial charge on any atom is 0.293 e. The fraction of sp³-hybridized carbons (Fsp3) is 0.316. The van der Waals surface area contributed by atoms with Crippen LogP contribution in [0.15, 0.2) is 52.0 Å². The van der Waals surface area contributed by atoms with Gasteiger partial charge in [-0.1, -0.05) is 49.3 Å². The minimum Gasteiger partial charge on any atom is -0.459 e. The van der Waals surface area contributed by atoms with Crippen molar-refractivity contribution in [2.24, 2.45) is 0 Å². The van der Waals surface area contributed by atoms with Crippen LogP contribution in [0.3, 0.4) is 0 Å². The lowest BCUT2D eigenvalue weighted by atomic mass is 10.2. The van der Waals surface area contributed by atoms with E-state index in [9.17, 15) is 4.79 Å². The molecule has 0 unspecified atom stereocenters. The molecule has 136 valence electrons. The minimum atomic E-state index is -0.282. The predicted molar refractivity (Wildman–Crippen MR) is 106 cm³/mol. The van der Waals surface area contributed by atoms with Crippen molar-refractivity contribution in [1.82, 2.24) is 10.2 Å². The lowest BCUT2D eigenvalue weighted by Gasteiger charge is -2.03. The second-order valence-corrected chi connectivity index (χ2v) is 7.90. The summed E-state index contributed by atoms with van der Waals surface area (Å²) in [5.41, 5.74) is 0.865. The number of aryl methyl sites for hydroxylation is 1. The second-order valence-electron chi connectivity index (χ2n) is 5.79. The number of benzene rings is 1. The smallest absolute Gasteiger partial charge is 0.293 e. The van der Waals surface area contributed by atoms with Gasteiger partial charge < -0.3 is 4.42 Å². The number of carbonyl (C=O) groups excluding carboxylic acids is 1. The van der Waals surface area contributed by atoms with Crippen LogP contribution in [0.25, 0.3) is 0 Å². The number of furan rings is 1. The highest BCUT2D eigenvalue weighted by atomic mass is 32.2. The maximum absolute atomic E-state index is 12.5. The topological polar surface area (TPSA) is 68.0 Å². The molecule has 7 heteroatoms. The summed E-state index contributed by atoms with van der Waals surface area (Å²) in [5, 5.41) is 12.5. The third-order valence-corrected chi connectivity index (χ3v) is 5.73. The molecule has 1 amide bonds. The summed E-state index contributed by atoms with van der Waals surface area (Å²) in [5.74, 6) is 0.716. The number of amides is 1. The fourth-order valence-electron chi connectivity index (χ4n) is 2.41. The van der Waals surface area contributed by atoms with Crippen LogP contribution in [-0.4, -0.2) is 16.1 Å². The van der Waals surface area contributed by atoms with Crippen LogP contribution in [-0.2, 0) is 12.2 Å². The third-order valence-electron chi connectivity index (χ3n) is 3.77. The number of unbranched alkanes of at least 4 members (excludes halogenated alkanes) is 2. The van der Waals surface area contributed by atoms with Crippen molar-refractivity contribution in [3.63, 3.8) is 0 Å². The van der Waals surface area contributed by atoms with Gasteiger partial charge in [-0.25, -0.2) is 0 Å². The van der Waals surface area contributed by atoms with Crippen LogP contribution >= 0.6 is 23.1 Å². The van der Waals surface area contributed by atoms with E-state index in [1.54, 1.807) is 18.0 Å². The average Bonchev–Trinajstić information content (AvgIpc) is 3.30. The summed E-state index contributed by atoms with van der Waals surface area (Å²) in [6.07, 6.45) is 5.89. The normalized spacial score (nSPS) is 10.8. The number of hydrogen-bond acceptors (Lipinski definition) is 6. The summed E-state index contributed by atoms with van der Waals surface area (Å²) in [4.78, 5) is 13.7. The largest absolute Gasteiger partial charge is 0.459 e. The Hall–Kier alpha value is -2.12. The number of nitrogens with zero attached hydrogens (tertiary/aromatic N) is 2. The Morgan fingerprint density at radius 3 is 2.85 bits per heavy atom. The molecule has 0 radical (unpaired) electrons. The first-order valence-electron chi connectivity index (χ1n) is 8.64. The number of nitrogens with one attached hydrogen (secondary N) is 1. The van der Waals surface area contributed by atoms with E-state index >= 15 is 0 Å². The molecule has 2 heterocycles. The lowest BCUT2D eigenvalue weighted by Crippen LogP contribution is -2.12. The van der Waals surface area contributed by atoms with Crippen LogP contribution in [0.4, 0.5) is 5.13 Å². The molecule has 2 aromatic heterocycles. The fourth-order valence-corrected chi connectivity index (χ4v) is 4.09. The molecule has 0 bridgehead atoms. The molecule has 0 spiro atoms. The van der Waals surface area contributed by atoms with E-state index < -0.39 is 0 Å². The second kappa shape index (κ2) is 9.54. The van der Waals surface area contributed by atoms with Gasteiger partial charge in [-0.2, -0.15) is 0 Å². The van der Waals surface area contributed by atoms with Gasteiger partial charge in [-0.15, -0.1) is 22.0 Å². The van der Waals surface area contributed by atoms with Gasteiger partial charge in [0.1, 0.15) is 5.01 Å². The molecule has 0 saturated carbocycles. The number of thioether (sulfide) groups is 1. The minimum absolute atomic E-state index is 0.282. The molecule has 1 N–H and O–H groups in total. The van der Waals surface area contributed by atoms with Crippen molar-refractivity contribution in [3.05, 3.63) is 59.0 Å². The Morgan fingerprint density at radius 2 is 2.04 bits per heavy atom. The number of aromatic nitrogens is 2. The molecule has 3 aromatic rings. The van der Waals surface area contributed by atoms with Gasteiger partial charge in [-0.3, -0.25) is 10.1 Å². The molecule has 0 aliphatic rings. The van der Waals surface area contributed by atoms with E-state index in [-0.39, 0.29) is 5.91 Å². The highest BCUT2D eigenvalue weighted by Crippen LogP contribution is 2.26. The van der Waals surface area contributed by atoms with E-state index in [0.29, 0.717) is 16.6 Å². The van der Waals surface area contributed by atoms with E-state index in [1.165, 1.54) is 24.2 Å². The highest BCUT2D eigenvalue weighted by Gasteiger charge is 2.17. The Morgan fingerprint density at radius 1 is 1.19 bits per heavy atom. The van der Waals surface area contributed by atoms with Crippen molar-refractivity contribution >= 4 is 34.1 Å². The summed E-state index contributed by atoms with van der Waals surface area (Å²) < 4.78 is 5.40. The molecular formula is C19H21N3O2S2. The molecule has 1 aromatic carbocycles. The first kappa shape index (κ1) is 18.7. The third kappa shape index (κ3) is 5.19. The van der Waals surface area contributed by atoms with E-state index in [2.05, 4.69) is 22.4 Å². The Bertz CT molecular complexity index is 830. The van der Waals surface area contributed by atoms with Gasteiger partial charge in [-0.05, 0) is 24.6 Å². The standard InChI is InChI=1S/C19H21N3O2S2/c1-2-3-5-10-16-21-22-19(26-16)20-18(23)17-14(11-12-24-17)13-25-15-8-6-4-7-9-15/h4,6-9,11-12H,2-3,5,10,13H2,1H3,(H,20,22,23). The molecular weight excluding hydrogens is 366 g/mol. The Labute approximate surface area is 161 Å². The number of anilines is 1. The number of rotatable bonds is 9. The molecule has 0 fully saturated rings. The summed E-state index contributed by atoms with van der Waals surface area (Å²) >= 11 is 3.09.